The highest BCUT2D eigenvalue weighted by atomic mass is 32.1. The number of thiazole rings is 1. The van der Waals surface area contributed by atoms with Gasteiger partial charge in [-0.25, -0.2) is 4.98 Å². The summed E-state index contributed by atoms with van der Waals surface area (Å²) in [7, 11) is 0. The van der Waals surface area contributed by atoms with Crippen molar-refractivity contribution in [1.82, 2.24) is 10.3 Å². The first-order valence-electron chi connectivity index (χ1n) is 4.73. The molecule has 2 N–H and O–H groups in total. The SMILES string of the molecule is Cc1nc(CC2=CC(O)CNC2)cs1. The average molecular weight is 210 g/mol. The molecule has 0 radical (unpaired) electrons. The summed E-state index contributed by atoms with van der Waals surface area (Å²) in [5.41, 5.74) is 2.34. The van der Waals surface area contributed by atoms with Gasteiger partial charge in [-0.2, -0.15) is 0 Å². The largest absolute Gasteiger partial charge is 0.388 e. The van der Waals surface area contributed by atoms with E-state index in [-0.39, 0.29) is 6.10 Å². The van der Waals surface area contributed by atoms with E-state index in [1.165, 1.54) is 5.57 Å². The number of hydrogen-bond donors (Lipinski definition) is 2. The molecular formula is C10H14N2OS. The second-order valence-electron chi connectivity index (χ2n) is 3.56. The number of nitrogens with zero attached hydrogens (tertiary/aromatic N) is 1. The first-order chi connectivity index (χ1) is 6.74. The quantitative estimate of drug-likeness (QED) is 0.712. The maximum Gasteiger partial charge on any atom is 0.0897 e. The molecular weight excluding hydrogens is 196 g/mol. The Labute approximate surface area is 87.5 Å². The van der Waals surface area contributed by atoms with E-state index in [4.69, 9.17) is 0 Å². The Bertz CT molecular complexity index is 346. The van der Waals surface area contributed by atoms with E-state index < -0.39 is 0 Å². The summed E-state index contributed by atoms with van der Waals surface area (Å²) in [6.45, 7) is 3.55. The van der Waals surface area contributed by atoms with Crippen LogP contribution in [0.5, 0.6) is 0 Å². The standard InChI is InChI=1S/C10H14N2OS/c1-7-12-9(6-14-7)2-8-3-10(13)5-11-4-8/h3,6,10-11,13H,2,4-5H2,1H3. The number of rotatable bonds is 2. The van der Waals surface area contributed by atoms with Crippen LogP contribution in [0.3, 0.4) is 0 Å². The topological polar surface area (TPSA) is 45.2 Å². The van der Waals surface area contributed by atoms with E-state index in [2.05, 4.69) is 15.7 Å². The van der Waals surface area contributed by atoms with Crippen molar-refractivity contribution in [2.45, 2.75) is 19.4 Å². The van der Waals surface area contributed by atoms with Crippen molar-refractivity contribution in [2.24, 2.45) is 0 Å². The minimum Gasteiger partial charge on any atom is -0.388 e. The first kappa shape index (κ1) is 9.83. The molecule has 0 saturated heterocycles. The predicted octanol–water partition coefficient (Wildman–Crippen LogP) is 0.885. The molecule has 0 bridgehead atoms. The van der Waals surface area contributed by atoms with Crippen LogP contribution in [-0.2, 0) is 6.42 Å². The fourth-order valence-corrected chi connectivity index (χ4v) is 2.23. The van der Waals surface area contributed by atoms with Gasteiger partial charge in [-0.05, 0) is 6.92 Å². The van der Waals surface area contributed by atoms with Crippen LogP contribution in [0.15, 0.2) is 17.0 Å². The Morgan fingerprint density at radius 2 is 2.57 bits per heavy atom. The summed E-state index contributed by atoms with van der Waals surface area (Å²) in [6.07, 6.45) is 2.46. The highest BCUT2D eigenvalue weighted by Gasteiger charge is 2.11. The summed E-state index contributed by atoms with van der Waals surface area (Å²) < 4.78 is 0. The molecule has 2 rings (SSSR count). The Morgan fingerprint density at radius 3 is 3.21 bits per heavy atom. The third-order valence-electron chi connectivity index (χ3n) is 2.21. The highest BCUT2D eigenvalue weighted by Crippen LogP contribution is 2.13. The normalized spacial score (nSPS) is 22.1. The predicted molar refractivity (Wildman–Crippen MR) is 57.5 cm³/mol. The maximum absolute atomic E-state index is 9.41. The van der Waals surface area contributed by atoms with Gasteiger partial charge < -0.3 is 10.4 Å². The zero-order chi connectivity index (χ0) is 9.97. The molecule has 4 heteroatoms. The van der Waals surface area contributed by atoms with Gasteiger partial charge >= 0.3 is 0 Å². The fourth-order valence-electron chi connectivity index (χ4n) is 1.61. The molecule has 1 aromatic rings. The molecule has 1 aromatic heterocycles. The minimum absolute atomic E-state index is 0.335. The summed E-state index contributed by atoms with van der Waals surface area (Å²) in [4.78, 5) is 4.40. The van der Waals surface area contributed by atoms with Gasteiger partial charge in [0.1, 0.15) is 0 Å². The number of aromatic nitrogens is 1. The van der Waals surface area contributed by atoms with Gasteiger partial charge in [0.2, 0.25) is 0 Å². The Morgan fingerprint density at radius 1 is 1.71 bits per heavy atom. The third-order valence-corrected chi connectivity index (χ3v) is 3.03. The molecule has 0 amide bonds. The van der Waals surface area contributed by atoms with Crippen molar-refractivity contribution in [2.75, 3.05) is 13.1 Å². The molecule has 1 unspecified atom stereocenters. The lowest BCUT2D eigenvalue weighted by Crippen LogP contribution is -2.32. The second-order valence-corrected chi connectivity index (χ2v) is 4.62. The molecule has 1 aliphatic heterocycles. The third kappa shape index (κ3) is 2.41. The van der Waals surface area contributed by atoms with Crippen molar-refractivity contribution >= 4 is 11.3 Å². The highest BCUT2D eigenvalue weighted by molar-refractivity contribution is 7.09. The van der Waals surface area contributed by atoms with Crippen molar-refractivity contribution in [3.8, 4) is 0 Å². The number of nitrogens with one attached hydrogen (secondary N) is 1. The summed E-state index contributed by atoms with van der Waals surface area (Å²) in [6, 6.07) is 0. The van der Waals surface area contributed by atoms with E-state index >= 15 is 0 Å². The zero-order valence-electron chi connectivity index (χ0n) is 8.16. The van der Waals surface area contributed by atoms with Crippen LogP contribution in [0.2, 0.25) is 0 Å². The van der Waals surface area contributed by atoms with Gasteiger partial charge in [-0.3, -0.25) is 0 Å². The van der Waals surface area contributed by atoms with E-state index in [0.717, 1.165) is 23.7 Å². The summed E-state index contributed by atoms with van der Waals surface area (Å²) >= 11 is 1.67. The van der Waals surface area contributed by atoms with E-state index in [1.807, 2.05) is 13.0 Å². The van der Waals surface area contributed by atoms with Crippen LogP contribution >= 0.6 is 11.3 Å². The zero-order valence-corrected chi connectivity index (χ0v) is 8.97. The van der Waals surface area contributed by atoms with Crippen LogP contribution in [0, 0.1) is 6.92 Å². The van der Waals surface area contributed by atoms with Gasteiger partial charge in [0, 0.05) is 24.9 Å². The fraction of sp³-hybridized carbons (Fsp3) is 0.500. The molecule has 0 spiro atoms. The van der Waals surface area contributed by atoms with E-state index in [0.29, 0.717) is 6.54 Å². The van der Waals surface area contributed by atoms with Crippen LogP contribution in [0.4, 0.5) is 0 Å². The van der Waals surface area contributed by atoms with Gasteiger partial charge in [0.15, 0.2) is 0 Å². The summed E-state index contributed by atoms with van der Waals surface area (Å²) in [5, 5.41) is 15.8. The molecule has 3 nitrogen and oxygen atoms in total. The molecule has 0 fully saturated rings. The molecule has 1 atom stereocenters. The van der Waals surface area contributed by atoms with Gasteiger partial charge in [-0.1, -0.05) is 11.6 Å². The van der Waals surface area contributed by atoms with Crippen LogP contribution in [0.1, 0.15) is 10.7 Å². The molecule has 76 valence electrons. The van der Waals surface area contributed by atoms with Crippen molar-refractivity contribution in [1.29, 1.82) is 0 Å². The molecule has 14 heavy (non-hydrogen) atoms. The van der Waals surface area contributed by atoms with E-state index in [1.54, 1.807) is 11.3 Å². The number of aliphatic hydroxyl groups excluding tert-OH is 1. The number of aliphatic hydroxyl groups is 1. The molecule has 0 aliphatic carbocycles. The summed E-state index contributed by atoms with van der Waals surface area (Å²) in [5.74, 6) is 0. The Hall–Kier alpha value is -0.710. The minimum atomic E-state index is -0.335. The molecule has 1 aliphatic rings. The van der Waals surface area contributed by atoms with Gasteiger partial charge in [0.25, 0.3) is 0 Å². The van der Waals surface area contributed by atoms with Crippen LogP contribution in [-0.4, -0.2) is 29.3 Å². The second kappa shape index (κ2) is 4.21. The van der Waals surface area contributed by atoms with Crippen molar-refractivity contribution < 1.29 is 5.11 Å². The lowest BCUT2D eigenvalue weighted by molar-refractivity contribution is 0.212. The molecule has 0 saturated carbocycles. The lowest BCUT2D eigenvalue weighted by atomic mass is 10.1. The van der Waals surface area contributed by atoms with Crippen LogP contribution in [0.25, 0.3) is 0 Å². The smallest absolute Gasteiger partial charge is 0.0897 e. The molecule has 0 aromatic carbocycles. The monoisotopic (exact) mass is 210 g/mol. The Balaban J connectivity index is 2.03. The molecule has 2 heterocycles. The number of aryl methyl sites for hydroxylation is 1. The Kier molecular flexibility index (Phi) is 2.96. The van der Waals surface area contributed by atoms with Gasteiger partial charge in [-0.15, -0.1) is 11.3 Å². The first-order valence-corrected chi connectivity index (χ1v) is 5.61. The average Bonchev–Trinajstić information content (AvgIpc) is 2.51. The van der Waals surface area contributed by atoms with Crippen molar-refractivity contribution in [3.05, 3.63) is 27.7 Å². The van der Waals surface area contributed by atoms with E-state index in [9.17, 15) is 5.11 Å². The van der Waals surface area contributed by atoms with Crippen LogP contribution < -0.4 is 5.32 Å². The number of β-amino-alcohol motifs (C(OH)–C–C–N with tert-alkyl or cyclic N) is 1. The lowest BCUT2D eigenvalue weighted by Gasteiger charge is -2.17. The maximum atomic E-state index is 9.41. The number of hydrogen-bond acceptors (Lipinski definition) is 4. The van der Waals surface area contributed by atoms with Gasteiger partial charge in [0.05, 0.1) is 16.8 Å². The van der Waals surface area contributed by atoms with Crippen molar-refractivity contribution in [3.63, 3.8) is 0 Å².